The molecular formula is C24H25N3O3. The number of fused-ring (bicyclic) bond motifs is 2. The maximum absolute atomic E-state index is 12.6. The van der Waals surface area contributed by atoms with Gasteiger partial charge >= 0.3 is 0 Å². The average molecular weight is 403 g/mol. The number of nitrogens with one attached hydrogen (secondary N) is 2. The van der Waals surface area contributed by atoms with Gasteiger partial charge < -0.3 is 20.3 Å². The van der Waals surface area contributed by atoms with Crippen LogP contribution in [0.4, 0.5) is 5.69 Å². The van der Waals surface area contributed by atoms with Gasteiger partial charge in [0.25, 0.3) is 5.91 Å². The van der Waals surface area contributed by atoms with Crippen LogP contribution in [0.2, 0.25) is 0 Å². The van der Waals surface area contributed by atoms with E-state index in [-0.39, 0.29) is 17.9 Å². The van der Waals surface area contributed by atoms with E-state index in [9.17, 15) is 9.59 Å². The van der Waals surface area contributed by atoms with E-state index in [0.717, 1.165) is 54.9 Å². The molecule has 1 atom stereocenters. The number of likely N-dealkylation sites (tertiary alicyclic amines) is 1. The van der Waals surface area contributed by atoms with E-state index in [0.29, 0.717) is 17.9 Å². The summed E-state index contributed by atoms with van der Waals surface area (Å²) in [6, 6.07) is 14.4. The molecule has 0 radical (unpaired) electrons. The van der Waals surface area contributed by atoms with E-state index in [4.69, 9.17) is 4.74 Å². The largest absolute Gasteiger partial charge is 0.487 e. The Bertz CT molecular complexity index is 1060. The molecule has 30 heavy (non-hydrogen) atoms. The summed E-state index contributed by atoms with van der Waals surface area (Å²) in [5.41, 5.74) is 5.76. The number of rotatable bonds is 4. The lowest BCUT2D eigenvalue weighted by atomic mass is 9.98. The molecule has 0 aliphatic carbocycles. The van der Waals surface area contributed by atoms with Crippen molar-refractivity contribution in [3.05, 3.63) is 64.7 Å². The second kappa shape index (κ2) is 7.61. The summed E-state index contributed by atoms with van der Waals surface area (Å²) in [6.45, 7) is 4.97. The van der Waals surface area contributed by atoms with Gasteiger partial charge in [0.05, 0.1) is 5.57 Å². The minimum Gasteiger partial charge on any atom is -0.487 e. The summed E-state index contributed by atoms with van der Waals surface area (Å²) < 4.78 is 5.99. The van der Waals surface area contributed by atoms with Crippen molar-refractivity contribution in [1.82, 2.24) is 10.2 Å². The van der Waals surface area contributed by atoms with Crippen molar-refractivity contribution >= 4 is 28.8 Å². The van der Waals surface area contributed by atoms with Crippen molar-refractivity contribution in [2.45, 2.75) is 32.4 Å². The molecule has 2 aromatic rings. The maximum Gasteiger partial charge on any atom is 0.260 e. The zero-order valence-corrected chi connectivity index (χ0v) is 17.0. The van der Waals surface area contributed by atoms with Crippen molar-refractivity contribution in [3.8, 4) is 0 Å². The quantitative estimate of drug-likeness (QED) is 0.771. The van der Waals surface area contributed by atoms with E-state index in [2.05, 4.69) is 33.7 Å². The Morgan fingerprint density at radius 1 is 1.23 bits per heavy atom. The standard InChI is InChI=1S/C24H25N3O3/c1-15(28)25-18-9-11-27(13-18)10-8-16-6-7-19-17(12-16)14-30-23(19)22-20-4-2-3-5-21(20)26-24(22)29/h2-7,12,18H,8-11,13-14H2,1H3,(H,25,28)(H,26,29). The van der Waals surface area contributed by atoms with Crippen molar-refractivity contribution in [2.75, 3.05) is 25.0 Å². The highest BCUT2D eigenvalue weighted by Crippen LogP contribution is 2.41. The number of nitrogens with zero attached hydrogens (tertiary/aromatic N) is 1. The second-order valence-corrected chi connectivity index (χ2v) is 8.22. The van der Waals surface area contributed by atoms with Crippen LogP contribution < -0.4 is 10.6 Å². The molecule has 3 heterocycles. The molecule has 154 valence electrons. The van der Waals surface area contributed by atoms with E-state index < -0.39 is 0 Å². The van der Waals surface area contributed by atoms with Crippen molar-refractivity contribution < 1.29 is 14.3 Å². The molecule has 3 aliphatic rings. The Morgan fingerprint density at radius 3 is 2.97 bits per heavy atom. The van der Waals surface area contributed by atoms with Gasteiger partial charge in [0.15, 0.2) is 0 Å². The number of hydrogen-bond donors (Lipinski definition) is 2. The van der Waals surface area contributed by atoms with Crippen LogP contribution in [0.25, 0.3) is 11.3 Å². The second-order valence-electron chi connectivity index (χ2n) is 8.22. The summed E-state index contributed by atoms with van der Waals surface area (Å²) in [5.74, 6) is 0.617. The van der Waals surface area contributed by atoms with Crippen LogP contribution in [0.3, 0.4) is 0 Å². The number of hydrogen-bond acceptors (Lipinski definition) is 4. The summed E-state index contributed by atoms with van der Waals surface area (Å²) in [5, 5.41) is 5.94. The Morgan fingerprint density at radius 2 is 2.10 bits per heavy atom. The molecule has 1 saturated heterocycles. The third-order valence-electron chi connectivity index (χ3n) is 6.08. The third kappa shape index (κ3) is 3.48. The first-order chi connectivity index (χ1) is 14.6. The van der Waals surface area contributed by atoms with Gasteiger partial charge in [-0.15, -0.1) is 0 Å². The van der Waals surface area contributed by atoms with Gasteiger partial charge in [0.2, 0.25) is 5.91 Å². The fourth-order valence-electron chi connectivity index (χ4n) is 4.65. The number of ether oxygens (including phenoxy) is 1. The molecule has 0 spiro atoms. The molecule has 5 rings (SSSR count). The topological polar surface area (TPSA) is 70.7 Å². The van der Waals surface area contributed by atoms with Crippen LogP contribution in [0.5, 0.6) is 0 Å². The minimum absolute atomic E-state index is 0.0453. The smallest absolute Gasteiger partial charge is 0.260 e. The first-order valence-electron chi connectivity index (χ1n) is 10.5. The lowest BCUT2D eigenvalue weighted by molar-refractivity contribution is -0.119. The number of carbonyl (C=O) groups is 2. The normalized spacial score (nSPS) is 22.4. The van der Waals surface area contributed by atoms with E-state index in [1.54, 1.807) is 6.92 Å². The number of anilines is 1. The zero-order chi connectivity index (χ0) is 20.7. The predicted molar refractivity (Wildman–Crippen MR) is 115 cm³/mol. The summed E-state index contributed by atoms with van der Waals surface area (Å²) in [4.78, 5) is 26.2. The van der Waals surface area contributed by atoms with Gasteiger partial charge in [-0.2, -0.15) is 0 Å². The SMILES string of the molecule is CC(=O)NC1CCN(CCc2ccc3c(c2)COC3=C2C(=O)Nc3ccccc32)C1. The van der Waals surface area contributed by atoms with E-state index in [1.165, 1.54) is 5.56 Å². The van der Waals surface area contributed by atoms with Crippen LogP contribution in [0.15, 0.2) is 42.5 Å². The predicted octanol–water partition coefficient (Wildman–Crippen LogP) is 2.79. The Labute approximate surface area is 175 Å². The van der Waals surface area contributed by atoms with Gasteiger partial charge in [-0.3, -0.25) is 9.59 Å². The van der Waals surface area contributed by atoms with Gasteiger partial charge in [-0.05, 0) is 24.5 Å². The highest BCUT2D eigenvalue weighted by Gasteiger charge is 2.32. The van der Waals surface area contributed by atoms with Crippen LogP contribution in [-0.2, 0) is 27.4 Å². The van der Waals surface area contributed by atoms with Crippen molar-refractivity contribution in [1.29, 1.82) is 0 Å². The fraction of sp³-hybridized carbons (Fsp3) is 0.333. The minimum atomic E-state index is -0.106. The molecule has 2 aromatic carbocycles. The summed E-state index contributed by atoms with van der Waals surface area (Å²) >= 11 is 0. The van der Waals surface area contributed by atoms with Crippen LogP contribution in [0, 0.1) is 0 Å². The molecule has 2 amide bonds. The van der Waals surface area contributed by atoms with Crippen molar-refractivity contribution in [2.24, 2.45) is 0 Å². The Kier molecular flexibility index (Phi) is 4.79. The molecule has 2 N–H and O–H groups in total. The molecular weight excluding hydrogens is 378 g/mol. The molecule has 0 bridgehead atoms. The van der Waals surface area contributed by atoms with E-state index in [1.807, 2.05) is 24.3 Å². The highest BCUT2D eigenvalue weighted by molar-refractivity contribution is 6.36. The number of amides is 2. The monoisotopic (exact) mass is 403 g/mol. The van der Waals surface area contributed by atoms with Crippen LogP contribution in [0.1, 0.15) is 35.6 Å². The van der Waals surface area contributed by atoms with E-state index >= 15 is 0 Å². The molecule has 1 unspecified atom stereocenters. The molecule has 0 saturated carbocycles. The lowest BCUT2D eigenvalue weighted by Crippen LogP contribution is -2.35. The summed E-state index contributed by atoms with van der Waals surface area (Å²) in [6.07, 6.45) is 1.97. The first kappa shape index (κ1) is 18.9. The van der Waals surface area contributed by atoms with Crippen LogP contribution >= 0.6 is 0 Å². The maximum atomic E-state index is 12.6. The number of benzene rings is 2. The van der Waals surface area contributed by atoms with Gasteiger partial charge in [-0.25, -0.2) is 0 Å². The highest BCUT2D eigenvalue weighted by atomic mass is 16.5. The zero-order valence-electron chi connectivity index (χ0n) is 17.0. The molecule has 3 aliphatic heterocycles. The number of carbonyl (C=O) groups excluding carboxylic acids is 2. The first-order valence-corrected chi connectivity index (χ1v) is 10.5. The number of para-hydroxylation sites is 1. The lowest BCUT2D eigenvalue weighted by Gasteiger charge is -2.16. The Hall–Kier alpha value is -3.12. The molecule has 0 aromatic heterocycles. The molecule has 6 heteroatoms. The molecule has 6 nitrogen and oxygen atoms in total. The molecule has 1 fully saturated rings. The summed E-state index contributed by atoms with van der Waals surface area (Å²) in [7, 11) is 0. The van der Waals surface area contributed by atoms with Gasteiger partial charge in [-0.1, -0.05) is 36.4 Å². The fourth-order valence-corrected chi connectivity index (χ4v) is 4.65. The van der Waals surface area contributed by atoms with Crippen molar-refractivity contribution in [3.63, 3.8) is 0 Å². The third-order valence-corrected chi connectivity index (χ3v) is 6.08. The van der Waals surface area contributed by atoms with Gasteiger partial charge in [0, 0.05) is 55.0 Å². The van der Waals surface area contributed by atoms with Crippen LogP contribution in [-0.4, -0.2) is 42.4 Å². The van der Waals surface area contributed by atoms with Gasteiger partial charge in [0.1, 0.15) is 12.4 Å². The Balaban J connectivity index is 1.31. The average Bonchev–Trinajstić information content (AvgIpc) is 3.42.